The molecule has 0 bridgehead atoms. The van der Waals surface area contributed by atoms with Gasteiger partial charge in [0.2, 0.25) is 11.8 Å². The summed E-state index contributed by atoms with van der Waals surface area (Å²) in [7, 11) is 1.53. The highest BCUT2D eigenvalue weighted by Gasteiger charge is 2.20. The molecule has 6 heteroatoms. The number of rotatable bonds is 6. The van der Waals surface area contributed by atoms with Crippen LogP contribution in [-0.4, -0.2) is 25.5 Å². The molecule has 0 radical (unpaired) electrons. The van der Waals surface area contributed by atoms with Gasteiger partial charge in [0.05, 0.1) is 12.8 Å². The molecular weight excluding hydrogens is 304 g/mol. The Balaban J connectivity index is 2.41. The summed E-state index contributed by atoms with van der Waals surface area (Å²) in [4.78, 5) is 23.6. The summed E-state index contributed by atoms with van der Waals surface area (Å²) in [6.45, 7) is 6.01. The van der Waals surface area contributed by atoms with E-state index < -0.39 is 5.41 Å². The maximum Gasteiger partial charge on any atom is 0.225 e. The van der Waals surface area contributed by atoms with Crippen molar-refractivity contribution < 1.29 is 14.3 Å². The molecule has 0 aliphatic heterocycles. The Labute approximate surface area is 136 Å². The van der Waals surface area contributed by atoms with Crippen molar-refractivity contribution in [3.05, 3.63) is 23.2 Å². The SMILES string of the molecule is COc1ccc(Cl)cc1NC(=O)CCCNC(=O)C(C)(C)C. The molecule has 0 saturated heterocycles. The fraction of sp³-hybridized carbons (Fsp3) is 0.500. The molecule has 5 nitrogen and oxygen atoms in total. The highest BCUT2D eigenvalue weighted by atomic mass is 35.5. The molecule has 1 aromatic carbocycles. The van der Waals surface area contributed by atoms with Crippen molar-refractivity contribution in [3.63, 3.8) is 0 Å². The first kappa shape index (κ1) is 18.3. The van der Waals surface area contributed by atoms with Crippen LogP contribution in [0.5, 0.6) is 5.75 Å². The Morgan fingerprint density at radius 1 is 1.27 bits per heavy atom. The third kappa shape index (κ3) is 5.93. The molecule has 22 heavy (non-hydrogen) atoms. The molecule has 1 aromatic rings. The van der Waals surface area contributed by atoms with Crippen molar-refractivity contribution in [1.82, 2.24) is 5.32 Å². The molecule has 2 N–H and O–H groups in total. The second-order valence-electron chi connectivity index (χ2n) is 6.00. The van der Waals surface area contributed by atoms with Crippen molar-refractivity contribution in [3.8, 4) is 5.75 Å². The van der Waals surface area contributed by atoms with Gasteiger partial charge in [0.15, 0.2) is 0 Å². The average molecular weight is 327 g/mol. The summed E-state index contributed by atoms with van der Waals surface area (Å²) < 4.78 is 5.17. The number of benzene rings is 1. The number of amides is 2. The minimum Gasteiger partial charge on any atom is -0.495 e. The van der Waals surface area contributed by atoms with Crippen LogP contribution < -0.4 is 15.4 Å². The number of hydrogen-bond acceptors (Lipinski definition) is 3. The van der Waals surface area contributed by atoms with Gasteiger partial charge in [-0.2, -0.15) is 0 Å². The summed E-state index contributed by atoms with van der Waals surface area (Å²) in [5.74, 6) is 0.383. The second-order valence-corrected chi connectivity index (χ2v) is 6.44. The minimum atomic E-state index is -0.420. The molecule has 0 heterocycles. The van der Waals surface area contributed by atoms with E-state index in [1.807, 2.05) is 20.8 Å². The molecule has 0 unspecified atom stereocenters. The zero-order valence-electron chi connectivity index (χ0n) is 13.5. The fourth-order valence-electron chi connectivity index (χ4n) is 1.71. The summed E-state index contributed by atoms with van der Waals surface area (Å²) in [5, 5.41) is 6.09. The van der Waals surface area contributed by atoms with Crippen LogP contribution in [0.25, 0.3) is 0 Å². The molecule has 0 atom stereocenters. The number of methoxy groups -OCH3 is 1. The van der Waals surface area contributed by atoms with Crippen LogP contribution in [0.15, 0.2) is 18.2 Å². The van der Waals surface area contributed by atoms with Crippen LogP contribution in [0, 0.1) is 5.41 Å². The summed E-state index contributed by atoms with van der Waals surface area (Å²) >= 11 is 5.91. The lowest BCUT2D eigenvalue weighted by Gasteiger charge is -2.17. The van der Waals surface area contributed by atoms with E-state index in [1.54, 1.807) is 18.2 Å². The van der Waals surface area contributed by atoms with Crippen molar-refractivity contribution in [2.75, 3.05) is 19.0 Å². The number of ether oxygens (including phenoxy) is 1. The Morgan fingerprint density at radius 2 is 1.95 bits per heavy atom. The molecule has 0 spiro atoms. The van der Waals surface area contributed by atoms with Crippen LogP contribution >= 0.6 is 11.6 Å². The van der Waals surface area contributed by atoms with E-state index >= 15 is 0 Å². The molecule has 0 aromatic heterocycles. The fourth-order valence-corrected chi connectivity index (χ4v) is 1.88. The predicted molar refractivity (Wildman–Crippen MR) is 88.3 cm³/mol. The molecule has 1 rings (SSSR count). The van der Waals surface area contributed by atoms with Gasteiger partial charge in [0.25, 0.3) is 0 Å². The van der Waals surface area contributed by atoms with Gasteiger partial charge in [0, 0.05) is 23.4 Å². The quantitative estimate of drug-likeness (QED) is 0.789. The van der Waals surface area contributed by atoms with E-state index in [4.69, 9.17) is 16.3 Å². The monoisotopic (exact) mass is 326 g/mol. The number of anilines is 1. The smallest absolute Gasteiger partial charge is 0.225 e. The van der Waals surface area contributed by atoms with E-state index in [0.717, 1.165) is 0 Å². The summed E-state index contributed by atoms with van der Waals surface area (Å²) in [6.07, 6.45) is 0.872. The number of hydrogen-bond donors (Lipinski definition) is 2. The molecule has 0 aliphatic carbocycles. The first-order chi connectivity index (χ1) is 10.2. The van der Waals surface area contributed by atoms with E-state index in [9.17, 15) is 9.59 Å². The minimum absolute atomic E-state index is 0.0237. The Kier molecular flexibility index (Phi) is 6.68. The zero-order valence-corrected chi connectivity index (χ0v) is 14.2. The van der Waals surface area contributed by atoms with Gasteiger partial charge < -0.3 is 15.4 Å². The summed E-state index contributed by atoms with van der Waals surface area (Å²) in [6, 6.07) is 5.03. The first-order valence-electron chi connectivity index (χ1n) is 7.15. The number of halogens is 1. The van der Waals surface area contributed by atoms with Gasteiger partial charge in [-0.1, -0.05) is 32.4 Å². The van der Waals surface area contributed by atoms with Crippen molar-refractivity contribution in [1.29, 1.82) is 0 Å². The molecule has 0 fully saturated rings. The van der Waals surface area contributed by atoms with Crippen molar-refractivity contribution >= 4 is 29.1 Å². The van der Waals surface area contributed by atoms with Crippen LogP contribution in [-0.2, 0) is 9.59 Å². The van der Waals surface area contributed by atoms with Crippen molar-refractivity contribution in [2.24, 2.45) is 5.41 Å². The lowest BCUT2D eigenvalue weighted by Crippen LogP contribution is -2.35. The molecular formula is C16H23ClN2O3. The van der Waals surface area contributed by atoms with Gasteiger partial charge in [-0.25, -0.2) is 0 Å². The van der Waals surface area contributed by atoms with Crippen LogP contribution in [0.1, 0.15) is 33.6 Å². The molecule has 0 saturated carbocycles. The van der Waals surface area contributed by atoms with E-state index in [2.05, 4.69) is 10.6 Å². The Morgan fingerprint density at radius 3 is 2.55 bits per heavy atom. The predicted octanol–water partition coefficient (Wildman–Crippen LogP) is 3.23. The highest BCUT2D eigenvalue weighted by Crippen LogP contribution is 2.27. The normalized spacial score (nSPS) is 11.0. The van der Waals surface area contributed by atoms with Crippen LogP contribution in [0.3, 0.4) is 0 Å². The third-order valence-electron chi connectivity index (χ3n) is 2.98. The Bertz CT molecular complexity index is 539. The van der Waals surface area contributed by atoms with E-state index in [0.29, 0.717) is 35.8 Å². The average Bonchev–Trinajstić information content (AvgIpc) is 2.42. The van der Waals surface area contributed by atoms with Gasteiger partial charge in [-0.15, -0.1) is 0 Å². The van der Waals surface area contributed by atoms with E-state index in [1.165, 1.54) is 7.11 Å². The highest BCUT2D eigenvalue weighted by molar-refractivity contribution is 6.31. The lowest BCUT2D eigenvalue weighted by atomic mass is 9.96. The van der Waals surface area contributed by atoms with E-state index in [-0.39, 0.29) is 11.8 Å². The maximum absolute atomic E-state index is 11.9. The topological polar surface area (TPSA) is 67.4 Å². The standard InChI is InChI=1S/C16H23ClN2O3/c1-16(2,3)15(21)18-9-5-6-14(20)19-12-10-11(17)7-8-13(12)22-4/h7-8,10H,5-6,9H2,1-4H3,(H,18,21)(H,19,20). The van der Waals surface area contributed by atoms with Gasteiger partial charge in [0.1, 0.15) is 5.75 Å². The summed E-state index contributed by atoms with van der Waals surface area (Å²) in [5.41, 5.74) is 0.120. The number of carbonyl (C=O) groups is 2. The largest absolute Gasteiger partial charge is 0.495 e. The van der Waals surface area contributed by atoms with Gasteiger partial charge in [-0.3, -0.25) is 9.59 Å². The third-order valence-corrected chi connectivity index (χ3v) is 3.22. The van der Waals surface area contributed by atoms with Crippen LogP contribution in [0.4, 0.5) is 5.69 Å². The zero-order chi connectivity index (χ0) is 16.8. The van der Waals surface area contributed by atoms with Crippen molar-refractivity contribution in [2.45, 2.75) is 33.6 Å². The Hall–Kier alpha value is -1.75. The van der Waals surface area contributed by atoms with Gasteiger partial charge in [-0.05, 0) is 24.6 Å². The molecule has 2 amide bonds. The first-order valence-corrected chi connectivity index (χ1v) is 7.53. The second kappa shape index (κ2) is 8.03. The van der Waals surface area contributed by atoms with Crippen LogP contribution in [0.2, 0.25) is 5.02 Å². The lowest BCUT2D eigenvalue weighted by molar-refractivity contribution is -0.128. The van der Waals surface area contributed by atoms with Gasteiger partial charge >= 0.3 is 0 Å². The maximum atomic E-state index is 11.9. The number of carbonyl (C=O) groups excluding carboxylic acids is 2. The number of nitrogens with one attached hydrogen (secondary N) is 2. The molecule has 0 aliphatic rings. The molecule has 122 valence electrons.